The Balaban J connectivity index is 1.53. The maximum atomic E-state index is 13.5. The predicted molar refractivity (Wildman–Crippen MR) is 97.1 cm³/mol. The first kappa shape index (κ1) is 16.7. The number of aromatic nitrogens is 3. The number of nitrogens with zero attached hydrogens (tertiary/aromatic N) is 2. The van der Waals surface area contributed by atoms with Gasteiger partial charge in [-0.1, -0.05) is 17.3 Å². The van der Waals surface area contributed by atoms with Gasteiger partial charge in [0, 0.05) is 36.3 Å². The standard InChI is InChI=1S/C20H15FN4O2/c21-16-3-1-2-14(8-16)17-12-27-25-19(17)15-9-18(23-11-15)20(26)24-10-13-4-6-22-7-5-13/h1-9,11-12,23H,10H2,(H,24,26). The molecule has 3 heterocycles. The first-order chi connectivity index (χ1) is 13.2. The monoisotopic (exact) mass is 362 g/mol. The number of rotatable bonds is 5. The van der Waals surface area contributed by atoms with Gasteiger partial charge in [-0.25, -0.2) is 4.39 Å². The van der Waals surface area contributed by atoms with E-state index in [1.807, 2.05) is 12.1 Å². The van der Waals surface area contributed by atoms with Crippen molar-refractivity contribution < 1.29 is 13.7 Å². The second kappa shape index (κ2) is 7.25. The zero-order chi connectivity index (χ0) is 18.6. The Labute approximate surface area is 154 Å². The Morgan fingerprint density at radius 1 is 1.15 bits per heavy atom. The summed E-state index contributed by atoms with van der Waals surface area (Å²) in [4.78, 5) is 19.2. The van der Waals surface area contributed by atoms with Crippen molar-refractivity contribution in [1.82, 2.24) is 20.4 Å². The predicted octanol–water partition coefficient (Wildman–Crippen LogP) is 3.80. The Morgan fingerprint density at radius 3 is 2.81 bits per heavy atom. The van der Waals surface area contributed by atoms with Crippen LogP contribution < -0.4 is 5.32 Å². The van der Waals surface area contributed by atoms with Gasteiger partial charge in [0.15, 0.2) is 0 Å². The minimum atomic E-state index is -0.343. The molecule has 0 saturated heterocycles. The molecule has 0 bridgehead atoms. The van der Waals surface area contributed by atoms with Crippen LogP contribution in [0.25, 0.3) is 22.4 Å². The molecule has 1 aromatic carbocycles. The van der Waals surface area contributed by atoms with Crippen molar-refractivity contribution in [2.75, 3.05) is 0 Å². The van der Waals surface area contributed by atoms with Gasteiger partial charge in [-0.2, -0.15) is 0 Å². The Bertz CT molecular complexity index is 1070. The number of nitrogens with one attached hydrogen (secondary N) is 2. The summed E-state index contributed by atoms with van der Waals surface area (Å²) in [5.41, 5.74) is 3.86. The summed E-state index contributed by atoms with van der Waals surface area (Å²) in [5.74, 6) is -0.584. The average Bonchev–Trinajstić information content (AvgIpc) is 3.36. The molecular formula is C20H15FN4O2. The van der Waals surface area contributed by atoms with E-state index < -0.39 is 0 Å². The van der Waals surface area contributed by atoms with E-state index in [-0.39, 0.29) is 11.7 Å². The van der Waals surface area contributed by atoms with Gasteiger partial charge in [-0.05, 0) is 41.5 Å². The van der Waals surface area contributed by atoms with Crippen LogP contribution in [0.5, 0.6) is 0 Å². The number of amides is 1. The minimum Gasteiger partial charge on any atom is -0.363 e. The number of pyridine rings is 1. The molecule has 0 saturated carbocycles. The molecule has 7 heteroatoms. The molecule has 0 atom stereocenters. The lowest BCUT2D eigenvalue weighted by atomic mass is 10.0. The molecular weight excluding hydrogens is 347 g/mol. The highest BCUT2D eigenvalue weighted by atomic mass is 19.1. The Hall–Kier alpha value is -3.74. The first-order valence-electron chi connectivity index (χ1n) is 8.27. The fraction of sp³-hybridized carbons (Fsp3) is 0.0500. The molecule has 4 rings (SSSR count). The summed E-state index contributed by atoms with van der Waals surface area (Å²) < 4.78 is 18.6. The summed E-state index contributed by atoms with van der Waals surface area (Å²) in [6.45, 7) is 0.397. The number of carbonyl (C=O) groups excluding carboxylic acids is 1. The van der Waals surface area contributed by atoms with Gasteiger partial charge in [-0.15, -0.1) is 0 Å². The topological polar surface area (TPSA) is 83.8 Å². The first-order valence-corrected chi connectivity index (χ1v) is 8.27. The smallest absolute Gasteiger partial charge is 0.267 e. The quantitative estimate of drug-likeness (QED) is 0.566. The van der Waals surface area contributed by atoms with Crippen LogP contribution in [0.3, 0.4) is 0 Å². The van der Waals surface area contributed by atoms with Gasteiger partial charge >= 0.3 is 0 Å². The maximum absolute atomic E-state index is 13.5. The molecule has 0 aliphatic heterocycles. The third-order valence-corrected chi connectivity index (χ3v) is 4.11. The van der Waals surface area contributed by atoms with E-state index in [4.69, 9.17) is 4.52 Å². The van der Waals surface area contributed by atoms with Crippen LogP contribution >= 0.6 is 0 Å². The molecule has 0 radical (unpaired) electrons. The van der Waals surface area contributed by atoms with Gasteiger partial charge in [0.25, 0.3) is 5.91 Å². The molecule has 0 aliphatic rings. The Kier molecular flexibility index (Phi) is 4.49. The molecule has 6 nitrogen and oxygen atoms in total. The van der Waals surface area contributed by atoms with E-state index in [0.29, 0.717) is 34.6 Å². The molecule has 3 aromatic heterocycles. The lowest BCUT2D eigenvalue weighted by molar-refractivity contribution is 0.0946. The summed E-state index contributed by atoms with van der Waals surface area (Å²) in [6.07, 6.45) is 6.47. The molecule has 0 aliphatic carbocycles. The largest absolute Gasteiger partial charge is 0.363 e. The lowest BCUT2D eigenvalue weighted by Gasteiger charge is -2.03. The van der Waals surface area contributed by atoms with Crippen LogP contribution in [-0.4, -0.2) is 21.0 Å². The van der Waals surface area contributed by atoms with Crippen molar-refractivity contribution in [3.05, 3.63) is 84.4 Å². The SMILES string of the molecule is O=C(NCc1ccncc1)c1cc(-c2nocc2-c2cccc(F)c2)c[nH]1. The summed E-state index contributed by atoms with van der Waals surface area (Å²) >= 11 is 0. The van der Waals surface area contributed by atoms with Gasteiger partial charge < -0.3 is 14.8 Å². The molecule has 0 unspecified atom stereocenters. The van der Waals surface area contributed by atoms with E-state index in [0.717, 1.165) is 5.56 Å². The van der Waals surface area contributed by atoms with E-state index in [9.17, 15) is 9.18 Å². The normalized spacial score (nSPS) is 10.7. The van der Waals surface area contributed by atoms with Crippen molar-refractivity contribution in [3.63, 3.8) is 0 Å². The van der Waals surface area contributed by atoms with E-state index in [2.05, 4.69) is 20.4 Å². The summed E-state index contributed by atoms with van der Waals surface area (Å²) in [7, 11) is 0. The number of hydrogen-bond donors (Lipinski definition) is 2. The molecule has 1 amide bonds. The van der Waals surface area contributed by atoms with Gasteiger partial charge in [-0.3, -0.25) is 9.78 Å². The maximum Gasteiger partial charge on any atom is 0.267 e. The number of carbonyl (C=O) groups is 1. The fourth-order valence-corrected chi connectivity index (χ4v) is 2.75. The molecule has 2 N–H and O–H groups in total. The number of halogens is 1. The second-order valence-electron chi connectivity index (χ2n) is 5.93. The molecule has 0 fully saturated rings. The molecule has 134 valence electrons. The third kappa shape index (κ3) is 3.62. The highest BCUT2D eigenvalue weighted by Crippen LogP contribution is 2.31. The average molecular weight is 362 g/mol. The highest BCUT2D eigenvalue weighted by molar-refractivity contribution is 5.94. The summed E-state index contributed by atoms with van der Waals surface area (Å²) in [6, 6.07) is 11.5. The highest BCUT2D eigenvalue weighted by Gasteiger charge is 2.16. The Morgan fingerprint density at radius 2 is 2.00 bits per heavy atom. The van der Waals surface area contributed by atoms with Gasteiger partial charge in [0.05, 0.1) is 0 Å². The van der Waals surface area contributed by atoms with Crippen molar-refractivity contribution in [2.24, 2.45) is 0 Å². The van der Waals surface area contributed by atoms with E-state index in [1.54, 1.807) is 36.8 Å². The molecule has 4 aromatic rings. The van der Waals surface area contributed by atoms with Crippen molar-refractivity contribution in [2.45, 2.75) is 6.54 Å². The van der Waals surface area contributed by atoms with Crippen LogP contribution in [0.2, 0.25) is 0 Å². The number of aromatic amines is 1. The van der Waals surface area contributed by atoms with Gasteiger partial charge in [0.1, 0.15) is 23.5 Å². The van der Waals surface area contributed by atoms with Crippen molar-refractivity contribution in [3.8, 4) is 22.4 Å². The third-order valence-electron chi connectivity index (χ3n) is 4.11. The van der Waals surface area contributed by atoms with Crippen LogP contribution in [0.1, 0.15) is 16.1 Å². The molecule has 0 spiro atoms. The summed E-state index contributed by atoms with van der Waals surface area (Å²) in [5, 5.41) is 6.84. The van der Waals surface area contributed by atoms with E-state index >= 15 is 0 Å². The van der Waals surface area contributed by atoms with Crippen LogP contribution in [0.15, 0.2) is 71.8 Å². The van der Waals surface area contributed by atoms with Crippen molar-refractivity contribution in [1.29, 1.82) is 0 Å². The number of hydrogen-bond acceptors (Lipinski definition) is 4. The van der Waals surface area contributed by atoms with E-state index in [1.165, 1.54) is 18.4 Å². The zero-order valence-corrected chi connectivity index (χ0v) is 14.1. The minimum absolute atomic E-state index is 0.242. The number of benzene rings is 1. The zero-order valence-electron chi connectivity index (χ0n) is 14.1. The number of H-pyrrole nitrogens is 1. The molecule has 27 heavy (non-hydrogen) atoms. The fourth-order valence-electron chi connectivity index (χ4n) is 2.75. The lowest BCUT2D eigenvalue weighted by Crippen LogP contribution is -2.22. The van der Waals surface area contributed by atoms with Gasteiger partial charge in [0.2, 0.25) is 0 Å². The van der Waals surface area contributed by atoms with Crippen LogP contribution in [0.4, 0.5) is 4.39 Å². The van der Waals surface area contributed by atoms with Crippen LogP contribution in [-0.2, 0) is 6.54 Å². The second-order valence-corrected chi connectivity index (χ2v) is 5.93. The van der Waals surface area contributed by atoms with Crippen molar-refractivity contribution >= 4 is 5.91 Å². The van der Waals surface area contributed by atoms with Crippen LogP contribution in [0, 0.1) is 5.82 Å².